The number of ether oxygens (including phenoxy) is 1. The van der Waals surface area contributed by atoms with Crippen LogP contribution in [0, 0.1) is 23.5 Å². The van der Waals surface area contributed by atoms with Gasteiger partial charge in [-0.05, 0) is 61.8 Å². The molecule has 0 aromatic heterocycles. The lowest BCUT2D eigenvalue weighted by molar-refractivity contribution is 0.0938. The van der Waals surface area contributed by atoms with E-state index in [9.17, 15) is 18.7 Å². The van der Waals surface area contributed by atoms with Gasteiger partial charge in [0.2, 0.25) is 0 Å². The number of aromatic hydroxyl groups is 1. The summed E-state index contributed by atoms with van der Waals surface area (Å²) in [7, 11) is 0. The smallest absolute Gasteiger partial charge is 0.251 e. The first-order chi connectivity index (χ1) is 13.0. The van der Waals surface area contributed by atoms with Crippen molar-refractivity contribution in [2.75, 3.05) is 13.2 Å². The molecular weight excluding hydrogens is 352 g/mol. The lowest BCUT2D eigenvalue weighted by Gasteiger charge is -2.28. The van der Waals surface area contributed by atoms with Gasteiger partial charge in [-0.2, -0.15) is 0 Å². The summed E-state index contributed by atoms with van der Waals surface area (Å²) in [5, 5.41) is 12.2. The number of benzene rings is 2. The summed E-state index contributed by atoms with van der Waals surface area (Å²) in [6.07, 6.45) is 3.86. The van der Waals surface area contributed by atoms with Crippen LogP contribution in [0.3, 0.4) is 0 Å². The summed E-state index contributed by atoms with van der Waals surface area (Å²) < 4.78 is 31.9. The van der Waals surface area contributed by atoms with Crippen LogP contribution in [0.5, 0.6) is 11.5 Å². The molecule has 6 heteroatoms. The molecule has 0 heterocycles. The van der Waals surface area contributed by atoms with E-state index in [-0.39, 0.29) is 17.4 Å². The van der Waals surface area contributed by atoms with E-state index in [4.69, 9.17) is 4.74 Å². The molecule has 1 fully saturated rings. The van der Waals surface area contributed by atoms with Gasteiger partial charge in [-0.25, -0.2) is 8.78 Å². The van der Waals surface area contributed by atoms with Crippen molar-refractivity contribution < 1.29 is 23.4 Å². The van der Waals surface area contributed by atoms with Crippen LogP contribution >= 0.6 is 0 Å². The fourth-order valence-corrected chi connectivity index (χ4v) is 3.38. The Hall–Kier alpha value is -2.63. The molecule has 1 saturated carbocycles. The zero-order valence-corrected chi connectivity index (χ0v) is 15.0. The second kappa shape index (κ2) is 8.84. The lowest BCUT2D eigenvalue weighted by Crippen LogP contribution is -2.32. The van der Waals surface area contributed by atoms with Gasteiger partial charge in [-0.1, -0.05) is 0 Å². The first-order valence-corrected chi connectivity index (χ1v) is 9.15. The molecular formula is C21H23F2NO3. The Balaban J connectivity index is 1.38. The molecule has 1 amide bonds. The zero-order valence-electron chi connectivity index (χ0n) is 15.0. The summed E-state index contributed by atoms with van der Waals surface area (Å²) in [6.45, 7) is 1.05. The third-order valence-electron chi connectivity index (χ3n) is 4.97. The molecule has 1 aliphatic carbocycles. The minimum Gasteiger partial charge on any atom is -0.508 e. The molecule has 4 nitrogen and oxygen atoms in total. The van der Waals surface area contributed by atoms with Crippen LogP contribution in [-0.2, 0) is 0 Å². The van der Waals surface area contributed by atoms with Gasteiger partial charge in [0.1, 0.15) is 23.1 Å². The third kappa shape index (κ3) is 5.67. The number of amides is 1. The monoisotopic (exact) mass is 375 g/mol. The molecule has 1 aliphatic rings. The van der Waals surface area contributed by atoms with Gasteiger partial charge in [0, 0.05) is 30.3 Å². The molecule has 3 rings (SSSR count). The quantitative estimate of drug-likeness (QED) is 0.792. The summed E-state index contributed by atoms with van der Waals surface area (Å²) in [4.78, 5) is 12.1. The van der Waals surface area contributed by atoms with Crippen LogP contribution in [0.15, 0.2) is 42.5 Å². The van der Waals surface area contributed by atoms with Crippen molar-refractivity contribution in [3.63, 3.8) is 0 Å². The Morgan fingerprint density at radius 1 is 1.00 bits per heavy atom. The summed E-state index contributed by atoms with van der Waals surface area (Å²) >= 11 is 0. The molecule has 0 unspecified atom stereocenters. The number of hydrogen-bond acceptors (Lipinski definition) is 3. The number of carbonyl (C=O) groups excluding carboxylic acids is 1. The van der Waals surface area contributed by atoms with Gasteiger partial charge in [-0.15, -0.1) is 0 Å². The van der Waals surface area contributed by atoms with Gasteiger partial charge >= 0.3 is 0 Å². The maximum Gasteiger partial charge on any atom is 0.251 e. The highest BCUT2D eigenvalue weighted by atomic mass is 19.1. The topological polar surface area (TPSA) is 58.6 Å². The molecule has 27 heavy (non-hydrogen) atoms. The van der Waals surface area contributed by atoms with E-state index >= 15 is 0 Å². The predicted molar refractivity (Wildman–Crippen MR) is 97.7 cm³/mol. The Morgan fingerprint density at radius 3 is 2.22 bits per heavy atom. The Morgan fingerprint density at radius 2 is 1.59 bits per heavy atom. The standard InChI is InChI=1S/C21H23F2NO3/c22-17-9-18(23)11-20(10-17)27-13-15-3-1-14(2-4-15)12-24-21(26)16-5-7-19(25)8-6-16/h5-11,14-15,25H,1-4,12-13H2,(H,24,26). The number of phenolic OH excluding ortho intramolecular Hbond substituents is 1. The molecule has 2 aromatic carbocycles. The number of hydrogen-bond donors (Lipinski definition) is 2. The maximum absolute atomic E-state index is 13.2. The maximum atomic E-state index is 13.2. The fourth-order valence-electron chi connectivity index (χ4n) is 3.38. The fraction of sp³-hybridized carbons (Fsp3) is 0.381. The number of carbonyl (C=O) groups is 1. The van der Waals surface area contributed by atoms with Crippen LogP contribution in [0.2, 0.25) is 0 Å². The second-order valence-corrected chi connectivity index (χ2v) is 7.06. The van der Waals surface area contributed by atoms with E-state index in [0.717, 1.165) is 31.7 Å². The van der Waals surface area contributed by atoms with Gasteiger partial charge < -0.3 is 15.2 Å². The Kier molecular flexibility index (Phi) is 6.27. The number of rotatable bonds is 6. The van der Waals surface area contributed by atoms with Crippen molar-refractivity contribution in [3.8, 4) is 11.5 Å². The number of nitrogens with one attached hydrogen (secondary N) is 1. The van der Waals surface area contributed by atoms with E-state index < -0.39 is 11.6 Å². The van der Waals surface area contributed by atoms with Gasteiger partial charge in [0.15, 0.2) is 0 Å². The minimum atomic E-state index is -0.641. The van der Waals surface area contributed by atoms with Crippen LogP contribution in [0.1, 0.15) is 36.0 Å². The first-order valence-electron chi connectivity index (χ1n) is 9.15. The van der Waals surface area contributed by atoms with E-state index in [1.54, 1.807) is 12.1 Å². The average Bonchev–Trinajstić information content (AvgIpc) is 2.65. The van der Waals surface area contributed by atoms with Crippen molar-refractivity contribution in [3.05, 3.63) is 59.7 Å². The lowest BCUT2D eigenvalue weighted by atomic mass is 9.82. The van der Waals surface area contributed by atoms with E-state index in [1.807, 2.05) is 0 Å². The van der Waals surface area contributed by atoms with Crippen molar-refractivity contribution in [2.24, 2.45) is 11.8 Å². The van der Waals surface area contributed by atoms with Crippen molar-refractivity contribution in [1.82, 2.24) is 5.32 Å². The van der Waals surface area contributed by atoms with Gasteiger partial charge in [0.25, 0.3) is 5.91 Å². The molecule has 2 N–H and O–H groups in total. The van der Waals surface area contributed by atoms with Crippen LogP contribution in [-0.4, -0.2) is 24.2 Å². The zero-order chi connectivity index (χ0) is 19.2. The molecule has 0 saturated heterocycles. The Labute approximate surface area is 157 Å². The molecule has 0 atom stereocenters. The number of phenols is 1. The minimum absolute atomic E-state index is 0.132. The summed E-state index contributed by atoms with van der Waals surface area (Å²) in [6, 6.07) is 9.36. The van der Waals surface area contributed by atoms with E-state index in [2.05, 4.69) is 5.32 Å². The van der Waals surface area contributed by atoms with Crippen molar-refractivity contribution >= 4 is 5.91 Å². The van der Waals surface area contributed by atoms with E-state index in [0.29, 0.717) is 30.6 Å². The van der Waals surface area contributed by atoms with Crippen molar-refractivity contribution in [2.45, 2.75) is 25.7 Å². The van der Waals surface area contributed by atoms with E-state index in [1.165, 1.54) is 24.3 Å². The third-order valence-corrected chi connectivity index (χ3v) is 4.97. The largest absolute Gasteiger partial charge is 0.508 e. The molecule has 2 aromatic rings. The second-order valence-electron chi connectivity index (χ2n) is 7.06. The highest BCUT2D eigenvalue weighted by molar-refractivity contribution is 5.94. The molecule has 0 aliphatic heterocycles. The predicted octanol–water partition coefficient (Wildman–Crippen LogP) is 4.29. The van der Waals surface area contributed by atoms with Gasteiger partial charge in [0.05, 0.1) is 6.61 Å². The number of halogens is 2. The molecule has 144 valence electrons. The molecule has 0 spiro atoms. The van der Waals surface area contributed by atoms with Gasteiger partial charge in [-0.3, -0.25) is 4.79 Å². The Bertz CT molecular complexity index is 751. The highest BCUT2D eigenvalue weighted by Crippen LogP contribution is 2.29. The van der Waals surface area contributed by atoms with Crippen LogP contribution in [0.4, 0.5) is 8.78 Å². The summed E-state index contributed by atoms with van der Waals surface area (Å²) in [5.74, 6) is -0.317. The molecule has 0 bridgehead atoms. The SMILES string of the molecule is O=C(NCC1CCC(COc2cc(F)cc(F)c2)CC1)c1ccc(O)cc1. The van der Waals surface area contributed by atoms with Crippen LogP contribution in [0.25, 0.3) is 0 Å². The highest BCUT2D eigenvalue weighted by Gasteiger charge is 2.22. The van der Waals surface area contributed by atoms with Crippen molar-refractivity contribution in [1.29, 1.82) is 0 Å². The average molecular weight is 375 g/mol. The first kappa shape index (κ1) is 19.1. The normalized spacial score (nSPS) is 19.5. The van der Waals surface area contributed by atoms with Crippen LogP contribution < -0.4 is 10.1 Å². The summed E-state index contributed by atoms with van der Waals surface area (Å²) in [5.41, 5.74) is 0.525. The molecule has 0 radical (unpaired) electrons.